The van der Waals surface area contributed by atoms with Crippen LogP contribution in [0.3, 0.4) is 0 Å². The molecule has 0 saturated carbocycles. The summed E-state index contributed by atoms with van der Waals surface area (Å²) in [6.45, 7) is 3.01. The van der Waals surface area contributed by atoms with Gasteiger partial charge >= 0.3 is 0 Å². The molecule has 7 heteroatoms. The zero-order chi connectivity index (χ0) is 27.0. The van der Waals surface area contributed by atoms with E-state index < -0.39 is 0 Å². The van der Waals surface area contributed by atoms with Crippen molar-refractivity contribution in [2.75, 3.05) is 43.6 Å². The highest BCUT2D eigenvalue weighted by Gasteiger charge is 2.25. The van der Waals surface area contributed by atoms with Crippen molar-refractivity contribution in [2.45, 2.75) is 38.2 Å². The minimum absolute atomic E-state index is 0.0575. The number of anilines is 2. The van der Waals surface area contributed by atoms with E-state index in [2.05, 4.69) is 45.9 Å². The number of hydrogen-bond acceptors (Lipinski definition) is 5. The maximum absolute atomic E-state index is 13.4. The second kappa shape index (κ2) is 12.8. The number of nitrogens with zero attached hydrogens (tertiary/aromatic N) is 1. The van der Waals surface area contributed by atoms with Gasteiger partial charge in [0.15, 0.2) is 0 Å². The molecule has 0 bridgehead atoms. The number of hydrogen-bond donors (Lipinski definition) is 2. The molecule has 2 fully saturated rings. The molecule has 2 heterocycles. The number of piperidine rings is 1. The molecule has 0 aromatic heterocycles. The molecule has 2 saturated heterocycles. The van der Waals surface area contributed by atoms with Gasteiger partial charge in [-0.15, -0.1) is 0 Å². The Morgan fingerprint density at radius 3 is 2.51 bits per heavy atom. The van der Waals surface area contributed by atoms with E-state index in [-0.39, 0.29) is 17.9 Å². The van der Waals surface area contributed by atoms with Gasteiger partial charge in [0.25, 0.3) is 11.8 Å². The molecule has 2 aliphatic heterocycles. The van der Waals surface area contributed by atoms with Crippen molar-refractivity contribution >= 4 is 23.2 Å². The van der Waals surface area contributed by atoms with E-state index in [0.717, 1.165) is 57.5 Å². The molecule has 1 unspecified atom stereocenters. The summed E-state index contributed by atoms with van der Waals surface area (Å²) >= 11 is 0. The maximum atomic E-state index is 13.4. The lowest BCUT2D eigenvalue weighted by atomic mass is 9.89. The minimum Gasteiger partial charge on any atom is -0.497 e. The zero-order valence-electron chi connectivity index (χ0n) is 22.5. The first-order valence-electron chi connectivity index (χ1n) is 13.9. The van der Waals surface area contributed by atoms with Gasteiger partial charge in [-0.3, -0.25) is 9.59 Å². The van der Waals surface area contributed by atoms with Crippen LogP contribution in [-0.4, -0.2) is 51.3 Å². The molecule has 2 aliphatic rings. The summed E-state index contributed by atoms with van der Waals surface area (Å²) in [6.07, 6.45) is 5.26. The van der Waals surface area contributed by atoms with Crippen molar-refractivity contribution in [2.24, 2.45) is 5.92 Å². The van der Waals surface area contributed by atoms with Crippen LogP contribution in [0, 0.1) is 5.92 Å². The molecule has 7 nitrogen and oxygen atoms in total. The molecular formula is C32H37N3O4. The topological polar surface area (TPSA) is 79.9 Å². The molecule has 0 radical (unpaired) electrons. The highest BCUT2D eigenvalue weighted by molar-refractivity contribution is 6.06. The Hall–Kier alpha value is -3.84. The maximum Gasteiger partial charge on any atom is 0.255 e. The third kappa shape index (κ3) is 6.98. The summed E-state index contributed by atoms with van der Waals surface area (Å²) in [5.41, 5.74) is 3.91. The van der Waals surface area contributed by atoms with Gasteiger partial charge in [0, 0.05) is 43.2 Å². The highest BCUT2D eigenvalue weighted by Crippen LogP contribution is 2.30. The van der Waals surface area contributed by atoms with Crippen LogP contribution < -0.4 is 20.3 Å². The molecule has 3 aromatic rings. The fourth-order valence-electron chi connectivity index (χ4n) is 5.47. The van der Waals surface area contributed by atoms with E-state index in [1.165, 1.54) is 5.56 Å². The lowest BCUT2D eigenvalue weighted by Gasteiger charge is -2.35. The summed E-state index contributed by atoms with van der Waals surface area (Å²) in [5, 5.41) is 6.02. The van der Waals surface area contributed by atoms with Crippen molar-refractivity contribution in [3.05, 3.63) is 89.5 Å². The number of carbonyl (C=O) groups excluding carboxylic acids is 2. The summed E-state index contributed by atoms with van der Waals surface area (Å²) in [4.78, 5) is 28.7. The fraction of sp³-hybridized carbons (Fsp3) is 0.375. The van der Waals surface area contributed by atoms with Crippen LogP contribution in [-0.2, 0) is 11.2 Å². The molecule has 5 rings (SSSR count). The Labute approximate surface area is 230 Å². The molecular weight excluding hydrogens is 490 g/mol. The molecule has 1 atom stereocenters. The number of nitrogens with one attached hydrogen (secondary N) is 2. The summed E-state index contributed by atoms with van der Waals surface area (Å²) in [5.74, 6) is 0.836. The standard InChI is InChI=1S/C32H37N3O4/c1-38-27-10-5-9-25(20-27)31(36)34-26-12-13-30(29(21-26)32(37)33-22-28-11-6-18-39-28)35-16-14-24(15-17-35)19-23-7-3-2-4-8-23/h2-5,7-10,12-13,20-21,24,28H,6,11,14-19,22H2,1H3,(H,33,37)(H,34,36). The smallest absolute Gasteiger partial charge is 0.255 e. The lowest BCUT2D eigenvalue weighted by molar-refractivity contribution is 0.0858. The summed E-state index contributed by atoms with van der Waals surface area (Å²) < 4.78 is 10.9. The minimum atomic E-state index is -0.255. The fourth-order valence-corrected chi connectivity index (χ4v) is 5.47. The van der Waals surface area contributed by atoms with Crippen LogP contribution in [0.5, 0.6) is 5.75 Å². The predicted octanol–water partition coefficient (Wildman–Crippen LogP) is 5.32. The van der Waals surface area contributed by atoms with E-state index in [1.54, 1.807) is 37.4 Å². The first kappa shape index (κ1) is 26.8. The van der Waals surface area contributed by atoms with E-state index in [1.807, 2.05) is 12.1 Å². The number of amides is 2. The molecule has 0 aliphatic carbocycles. The Balaban J connectivity index is 1.31. The van der Waals surface area contributed by atoms with Crippen molar-refractivity contribution in [1.82, 2.24) is 5.32 Å². The van der Waals surface area contributed by atoms with Gasteiger partial charge in [0.1, 0.15) is 5.75 Å². The molecule has 2 N–H and O–H groups in total. The van der Waals surface area contributed by atoms with Crippen molar-refractivity contribution in [1.29, 1.82) is 0 Å². The van der Waals surface area contributed by atoms with Gasteiger partial charge in [0.2, 0.25) is 0 Å². The number of methoxy groups -OCH3 is 1. The van der Waals surface area contributed by atoms with Crippen molar-refractivity contribution in [3.63, 3.8) is 0 Å². The van der Waals surface area contributed by atoms with Gasteiger partial charge in [-0.1, -0.05) is 36.4 Å². The van der Waals surface area contributed by atoms with E-state index in [9.17, 15) is 9.59 Å². The van der Waals surface area contributed by atoms with E-state index in [0.29, 0.717) is 35.0 Å². The van der Waals surface area contributed by atoms with E-state index in [4.69, 9.17) is 9.47 Å². The summed E-state index contributed by atoms with van der Waals surface area (Å²) in [7, 11) is 1.57. The molecule has 3 aromatic carbocycles. The molecule has 2 amide bonds. The van der Waals surface area contributed by atoms with Gasteiger partial charge in [-0.05, 0) is 80.0 Å². The Kier molecular flexibility index (Phi) is 8.78. The van der Waals surface area contributed by atoms with Gasteiger partial charge in [-0.25, -0.2) is 0 Å². The number of carbonyl (C=O) groups is 2. The van der Waals surface area contributed by atoms with Gasteiger partial charge in [0.05, 0.1) is 18.8 Å². The molecule has 204 valence electrons. The van der Waals surface area contributed by atoms with Gasteiger partial charge < -0.3 is 25.0 Å². The summed E-state index contributed by atoms with van der Waals surface area (Å²) in [6, 6.07) is 23.3. The van der Waals surface area contributed by atoms with Crippen molar-refractivity contribution < 1.29 is 19.1 Å². The van der Waals surface area contributed by atoms with Gasteiger partial charge in [-0.2, -0.15) is 0 Å². The number of benzene rings is 3. The first-order valence-corrected chi connectivity index (χ1v) is 13.9. The van der Waals surface area contributed by atoms with Crippen LogP contribution >= 0.6 is 0 Å². The van der Waals surface area contributed by atoms with Crippen LogP contribution in [0.4, 0.5) is 11.4 Å². The second-order valence-corrected chi connectivity index (χ2v) is 10.4. The Bertz CT molecular complexity index is 1270. The lowest BCUT2D eigenvalue weighted by Crippen LogP contribution is -2.37. The SMILES string of the molecule is COc1cccc(C(=O)Nc2ccc(N3CCC(Cc4ccccc4)CC3)c(C(=O)NCC3CCCO3)c2)c1. The predicted molar refractivity (Wildman–Crippen MR) is 154 cm³/mol. The second-order valence-electron chi connectivity index (χ2n) is 10.4. The van der Waals surface area contributed by atoms with Crippen LogP contribution in [0.15, 0.2) is 72.8 Å². The number of ether oxygens (including phenoxy) is 2. The van der Waals surface area contributed by atoms with Crippen LogP contribution in [0.2, 0.25) is 0 Å². The first-order chi connectivity index (χ1) is 19.1. The van der Waals surface area contributed by atoms with Crippen LogP contribution in [0.1, 0.15) is 52.0 Å². The third-order valence-corrected chi connectivity index (χ3v) is 7.67. The number of rotatable bonds is 9. The Morgan fingerprint density at radius 1 is 0.949 bits per heavy atom. The van der Waals surface area contributed by atoms with Crippen LogP contribution in [0.25, 0.3) is 0 Å². The molecule has 0 spiro atoms. The van der Waals surface area contributed by atoms with E-state index >= 15 is 0 Å². The van der Waals surface area contributed by atoms with Crippen molar-refractivity contribution in [3.8, 4) is 5.75 Å². The quantitative estimate of drug-likeness (QED) is 0.394. The Morgan fingerprint density at radius 2 is 1.77 bits per heavy atom. The normalized spacial score (nSPS) is 17.6. The monoisotopic (exact) mass is 527 g/mol. The largest absolute Gasteiger partial charge is 0.497 e. The third-order valence-electron chi connectivity index (χ3n) is 7.67. The molecule has 39 heavy (non-hydrogen) atoms. The zero-order valence-corrected chi connectivity index (χ0v) is 22.5. The average molecular weight is 528 g/mol. The highest BCUT2D eigenvalue weighted by atomic mass is 16.5. The average Bonchev–Trinajstić information content (AvgIpc) is 3.51.